The zero-order valence-corrected chi connectivity index (χ0v) is 26.1. The molecule has 2 amide bonds. The molecule has 0 fully saturated rings. The third kappa shape index (κ3) is 8.38. The number of anilines is 1. The fraction of sp³-hybridized carbons (Fsp3) is 0.333. The summed E-state index contributed by atoms with van der Waals surface area (Å²) in [6.07, 6.45) is 0. The summed E-state index contributed by atoms with van der Waals surface area (Å²) in [4.78, 5) is 28.5. The van der Waals surface area contributed by atoms with Gasteiger partial charge in [0.25, 0.3) is 10.0 Å². The van der Waals surface area contributed by atoms with E-state index < -0.39 is 28.5 Å². The van der Waals surface area contributed by atoms with Crippen LogP contribution in [0.1, 0.15) is 31.9 Å². The van der Waals surface area contributed by atoms with Crippen LogP contribution < -0.4 is 14.4 Å². The molecule has 0 saturated heterocycles. The predicted octanol–water partition coefficient (Wildman–Crippen LogP) is 5.70. The van der Waals surface area contributed by atoms with Crippen molar-refractivity contribution in [2.45, 2.75) is 45.2 Å². The first-order chi connectivity index (χ1) is 19.3. The Balaban J connectivity index is 2.06. The van der Waals surface area contributed by atoms with E-state index in [1.54, 1.807) is 43.3 Å². The minimum Gasteiger partial charge on any atom is -0.497 e. The van der Waals surface area contributed by atoms with Crippen molar-refractivity contribution in [1.82, 2.24) is 10.2 Å². The molecule has 1 atom stereocenters. The maximum Gasteiger partial charge on any atom is 0.264 e. The lowest BCUT2D eigenvalue weighted by atomic mass is 10.1. The maximum atomic E-state index is 14.0. The Labute approximate surface area is 252 Å². The molecule has 11 heteroatoms. The largest absolute Gasteiger partial charge is 0.497 e. The van der Waals surface area contributed by atoms with E-state index in [-0.39, 0.29) is 39.0 Å². The van der Waals surface area contributed by atoms with Crippen LogP contribution in [0.2, 0.25) is 10.0 Å². The van der Waals surface area contributed by atoms with E-state index in [0.29, 0.717) is 17.9 Å². The van der Waals surface area contributed by atoms with Gasteiger partial charge in [-0.3, -0.25) is 13.9 Å². The van der Waals surface area contributed by atoms with Crippen LogP contribution in [0.3, 0.4) is 0 Å². The van der Waals surface area contributed by atoms with E-state index in [9.17, 15) is 18.0 Å². The summed E-state index contributed by atoms with van der Waals surface area (Å²) >= 11 is 12.7. The topological polar surface area (TPSA) is 96.0 Å². The summed E-state index contributed by atoms with van der Waals surface area (Å²) < 4.78 is 34.1. The number of hydrogen-bond acceptors (Lipinski definition) is 5. The fourth-order valence-corrected chi connectivity index (χ4v) is 5.89. The number of nitrogens with one attached hydrogen (secondary N) is 1. The number of aryl methyl sites for hydroxylation is 1. The van der Waals surface area contributed by atoms with E-state index in [2.05, 4.69) is 5.32 Å². The van der Waals surface area contributed by atoms with E-state index in [1.807, 2.05) is 20.8 Å². The molecule has 0 saturated carbocycles. The average molecular weight is 621 g/mol. The Kier molecular flexibility index (Phi) is 11.1. The first kappa shape index (κ1) is 32.2. The Morgan fingerprint density at radius 1 is 0.976 bits per heavy atom. The smallest absolute Gasteiger partial charge is 0.264 e. The molecule has 3 aromatic carbocycles. The molecule has 0 aliphatic heterocycles. The van der Waals surface area contributed by atoms with Gasteiger partial charge in [-0.25, -0.2) is 8.42 Å². The van der Waals surface area contributed by atoms with Crippen molar-refractivity contribution < 1.29 is 22.7 Å². The Hall–Kier alpha value is -3.27. The van der Waals surface area contributed by atoms with Crippen LogP contribution in [0.25, 0.3) is 0 Å². The molecule has 1 unspecified atom stereocenters. The highest BCUT2D eigenvalue weighted by molar-refractivity contribution is 7.92. The van der Waals surface area contributed by atoms with Gasteiger partial charge in [-0.2, -0.15) is 0 Å². The highest BCUT2D eigenvalue weighted by atomic mass is 35.5. The molecule has 41 heavy (non-hydrogen) atoms. The summed E-state index contributed by atoms with van der Waals surface area (Å²) in [6.45, 7) is 7.22. The number of ether oxygens (including phenoxy) is 1. The Morgan fingerprint density at radius 2 is 1.66 bits per heavy atom. The van der Waals surface area contributed by atoms with Gasteiger partial charge in [0.15, 0.2) is 0 Å². The molecule has 0 aliphatic rings. The third-order valence-electron chi connectivity index (χ3n) is 6.40. The summed E-state index contributed by atoms with van der Waals surface area (Å²) in [7, 11) is -2.73. The molecule has 3 rings (SSSR count). The van der Waals surface area contributed by atoms with Gasteiger partial charge in [0.1, 0.15) is 18.3 Å². The van der Waals surface area contributed by atoms with Crippen molar-refractivity contribution in [3.05, 3.63) is 87.9 Å². The minimum absolute atomic E-state index is 0.0194. The quantitative estimate of drug-likeness (QED) is 0.281. The lowest BCUT2D eigenvalue weighted by molar-refractivity contribution is -0.139. The van der Waals surface area contributed by atoms with E-state index in [1.165, 1.54) is 42.3 Å². The van der Waals surface area contributed by atoms with Crippen molar-refractivity contribution >= 4 is 50.7 Å². The maximum absolute atomic E-state index is 14.0. The molecule has 0 aliphatic carbocycles. The molecule has 0 aromatic heterocycles. The normalized spacial score (nSPS) is 12.1. The average Bonchev–Trinajstić information content (AvgIpc) is 2.94. The van der Waals surface area contributed by atoms with Crippen molar-refractivity contribution in [2.75, 3.05) is 24.5 Å². The van der Waals surface area contributed by atoms with Crippen LogP contribution in [0.4, 0.5) is 5.69 Å². The first-order valence-electron chi connectivity index (χ1n) is 13.1. The van der Waals surface area contributed by atoms with Crippen LogP contribution in [0.5, 0.6) is 5.75 Å². The predicted molar refractivity (Wildman–Crippen MR) is 163 cm³/mol. The first-order valence-corrected chi connectivity index (χ1v) is 15.3. The van der Waals surface area contributed by atoms with Gasteiger partial charge in [0.05, 0.1) is 22.7 Å². The molecule has 3 aromatic rings. The van der Waals surface area contributed by atoms with Crippen LogP contribution in [-0.4, -0.2) is 51.4 Å². The lowest BCUT2D eigenvalue weighted by Gasteiger charge is -2.32. The second-order valence-corrected chi connectivity index (χ2v) is 12.8. The second kappa shape index (κ2) is 14.1. The number of halogens is 2. The van der Waals surface area contributed by atoms with Gasteiger partial charge in [-0.05, 0) is 67.8 Å². The number of benzene rings is 3. The number of rotatable bonds is 12. The van der Waals surface area contributed by atoms with Crippen molar-refractivity contribution in [3.8, 4) is 5.75 Å². The molecule has 0 spiro atoms. The van der Waals surface area contributed by atoms with Crippen LogP contribution in [0, 0.1) is 12.8 Å². The highest BCUT2D eigenvalue weighted by Crippen LogP contribution is 2.33. The number of carbonyl (C=O) groups is 2. The molecule has 220 valence electrons. The zero-order valence-electron chi connectivity index (χ0n) is 23.7. The van der Waals surface area contributed by atoms with E-state index in [0.717, 1.165) is 9.87 Å². The standard InChI is InChI=1S/C30H35Cl2N3O5S/c1-20(2)17-33-30(37)22(4)34(18-23-7-6-8-25(15-23)40-5)29(36)19-35(28-16-24(31)11-14-27(28)32)41(38,39)26-12-9-21(3)10-13-26/h6-16,20,22H,17-19H2,1-5H3,(H,33,37). The van der Waals surface area contributed by atoms with Crippen molar-refractivity contribution in [1.29, 1.82) is 0 Å². The van der Waals surface area contributed by atoms with Gasteiger partial charge in [-0.1, -0.05) is 66.9 Å². The summed E-state index contributed by atoms with van der Waals surface area (Å²) in [6, 6.07) is 16.9. The number of hydrogen-bond donors (Lipinski definition) is 1. The minimum atomic E-state index is -4.27. The lowest BCUT2D eigenvalue weighted by Crippen LogP contribution is -2.51. The summed E-state index contributed by atoms with van der Waals surface area (Å²) in [5.41, 5.74) is 1.62. The molecular formula is C30H35Cl2N3O5S. The van der Waals surface area contributed by atoms with E-state index >= 15 is 0 Å². The molecule has 0 heterocycles. The fourth-order valence-electron chi connectivity index (χ4n) is 4.03. The number of carbonyl (C=O) groups excluding carboxylic acids is 2. The van der Waals surface area contributed by atoms with Gasteiger partial charge in [0, 0.05) is 18.1 Å². The number of sulfonamides is 1. The number of nitrogens with zero attached hydrogens (tertiary/aromatic N) is 2. The summed E-state index contributed by atoms with van der Waals surface area (Å²) in [5.74, 6) is -0.176. The molecular weight excluding hydrogens is 585 g/mol. The van der Waals surface area contributed by atoms with Crippen molar-refractivity contribution in [2.24, 2.45) is 5.92 Å². The number of methoxy groups -OCH3 is 1. The van der Waals surface area contributed by atoms with Gasteiger partial charge >= 0.3 is 0 Å². The molecule has 0 bridgehead atoms. The van der Waals surface area contributed by atoms with Crippen molar-refractivity contribution in [3.63, 3.8) is 0 Å². The molecule has 1 N–H and O–H groups in total. The van der Waals surface area contributed by atoms with Crippen LogP contribution in [-0.2, 0) is 26.2 Å². The zero-order chi connectivity index (χ0) is 30.3. The monoisotopic (exact) mass is 619 g/mol. The summed E-state index contributed by atoms with van der Waals surface area (Å²) in [5, 5.41) is 3.20. The molecule has 8 nitrogen and oxygen atoms in total. The Morgan fingerprint density at radius 3 is 2.29 bits per heavy atom. The third-order valence-corrected chi connectivity index (χ3v) is 8.73. The molecule has 0 radical (unpaired) electrons. The second-order valence-electron chi connectivity index (χ2n) is 10.1. The highest BCUT2D eigenvalue weighted by Gasteiger charge is 2.33. The van der Waals surface area contributed by atoms with Gasteiger partial charge in [0.2, 0.25) is 11.8 Å². The Bertz CT molecular complexity index is 1480. The van der Waals surface area contributed by atoms with E-state index in [4.69, 9.17) is 27.9 Å². The van der Waals surface area contributed by atoms with Gasteiger partial charge < -0.3 is 15.0 Å². The van der Waals surface area contributed by atoms with Crippen LogP contribution in [0.15, 0.2) is 71.6 Å². The number of amides is 2. The van der Waals surface area contributed by atoms with Crippen LogP contribution >= 0.6 is 23.2 Å². The van der Waals surface area contributed by atoms with Gasteiger partial charge in [-0.15, -0.1) is 0 Å². The SMILES string of the molecule is COc1cccc(CN(C(=O)CN(c2cc(Cl)ccc2Cl)S(=O)(=O)c2ccc(C)cc2)C(C)C(=O)NCC(C)C)c1.